The minimum absolute atomic E-state index is 0.387. The molecule has 0 bridgehead atoms. The van der Waals surface area contributed by atoms with Crippen LogP contribution in [-0.4, -0.2) is 28.7 Å². The quantitative estimate of drug-likeness (QED) is 0.564. The molecule has 0 aliphatic heterocycles. The summed E-state index contributed by atoms with van der Waals surface area (Å²) in [7, 11) is 1.99. The van der Waals surface area contributed by atoms with Crippen molar-refractivity contribution in [2.24, 2.45) is 12.0 Å². The molecule has 0 aliphatic carbocycles. The second-order valence-electron chi connectivity index (χ2n) is 5.87. The van der Waals surface area contributed by atoms with Crippen LogP contribution in [0.4, 0.5) is 0 Å². The molecule has 1 atom stereocenters. The van der Waals surface area contributed by atoms with Crippen LogP contribution >= 0.6 is 0 Å². The highest BCUT2D eigenvalue weighted by Gasteiger charge is 2.22. The number of aryl methyl sites for hydroxylation is 1. The lowest BCUT2D eigenvalue weighted by molar-refractivity contribution is 0.0617. The summed E-state index contributed by atoms with van der Waals surface area (Å²) in [5.74, 6) is 0.701. The average molecular weight is 314 g/mol. The molecule has 0 saturated heterocycles. The van der Waals surface area contributed by atoms with Crippen LogP contribution < -0.4 is 10.6 Å². The molecule has 1 aromatic carbocycles. The van der Waals surface area contributed by atoms with Crippen LogP contribution in [0.1, 0.15) is 25.0 Å². The van der Waals surface area contributed by atoms with Gasteiger partial charge >= 0.3 is 0 Å². The van der Waals surface area contributed by atoms with Gasteiger partial charge in [-0.25, -0.2) is 4.99 Å². The molecule has 2 aromatic rings. The zero-order valence-corrected chi connectivity index (χ0v) is 14.1. The maximum atomic E-state index is 10.6. The van der Waals surface area contributed by atoms with E-state index in [4.69, 9.17) is 0 Å². The normalized spacial score (nSPS) is 14.3. The van der Waals surface area contributed by atoms with Gasteiger partial charge in [0.2, 0.25) is 0 Å². The van der Waals surface area contributed by atoms with E-state index in [0.29, 0.717) is 19.0 Å². The largest absolute Gasteiger partial charge is 0.384 e. The van der Waals surface area contributed by atoms with Crippen LogP contribution in [0.15, 0.2) is 53.8 Å². The lowest BCUT2D eigenvalue weighted by atomic mass is 9.96. The van der Waals surface area contributed by atoms with E-state index in [0.717, 1.165) is 17.7 Å². The standard InChI is InChI=1S/C18H26N4O/c1-4-19-17(20-12-15-10-11-22(3)13-15)21-14-18(2,23)16-8-6-5-7-9-16/h5-11,13,23H,4,12,14H2,1-3H3,(H2,19,20,21). The Hall–Kier alpha value is -2.27. The molecule has 5 nitrogen and oxygen atoms in total. The molecule has 0 saturated carbocycles. The van der Waals surface area contributed by atoms with Crippen molar-refractivity contribution in [2.45, 2.75) is 26.0 Å². The number of aliphatic hydroxyl groups is 1. The van der Waals surface area contributed by atoms with Crippen molar-refractivity contribution in [3.8, 4) is 0 Å². The number of hydrogen-bond acceptors (Lipinski definition) is 2. The molecule has 0 fully saturated rings. The Morgan fingerprint density at radius 1 is 1.22 bits per heavy atom. The summed E-state index contributed by atoms with van der Waals surface area (Å²) in [6.07, 6.45) is 4.05. The van der Waals surface area contributed by atoms with Crippen molar-refractivity contribution in [2.75, 3.05) is 13.1 Å². The Bertz CT molecular complexity index is 631. The summed E-state index contributed by atoms with van der Waals surface area (Å²) in [5.41, 5.74) is 1.08. The molecule has 0 spiro atoms. The fourth-order valence-corrected chi connectivity index (χ4v) is 2.32. The Kier molecular flexibility index (Phi) is 5.82. The van der Waals surface area contributed by atoms with Gasteiger partial charge in [-0.2, -0.15) is 0 Å². The molecule has 124 valence electrons. The van der Waals surface area contributed by atoms with Crippen molar-refractivity contribution < 1.29 is 5.11 Å². The smallest absolute Gasteiger partial charge is 0.191 e. The number of rotatable bonds is 6. The van der Waals surface area contributed by atoms with E-state index in [1.54, 1.807) is 6.92 Å². The molecule has 1 heterocycles. The fraction of sp³-hybridized carbons (Fsp3) is 0.389. The van der Waals surface area contributed by atoms with Crippen LogP contribution in [0.3, 0.4) is 0 Å². The van der Waals surface area contributed by atoms with E-state index in [9.17, 15) is 5.11 Å². The molecule has 2 rings (SSSR count). The second-order valence-corrected chi connectivity index (χ2v) is 5.87. The number of hydrogen-bond donors (Lipinski definition) is 3. The van der Waals surface area contributed by atoms with Gasteiger partial charge < -0.3 is 20.3 Å². The van der Waals surface area contributed by atoms with E-state index >= 15 is 0 Å². The van der Waals surface area contributed by atoms with Crippen molar-refractivity contribution in [3.05, 3.63) is 59.9 Å². The first kappa shape index (κ1) is 17.1. The van der Waals surface area contributed by atoms with E-state index < -0.39 is 5.60 Å². The minimum atomic E-state index is -0.954. The lowest BCUT2D eigenvalue weighted by Gasteiger charge is -2.25. The third-order valence-electron chi connectivity index (χ3n) is 3.65. The molecule has 0 radical (unpaired) electrons. The number of aromatic nitrogens is 1. The SMILES string of the molecule is CCNC(=NCc1ccn(C)c1)NCC(C)(O)c1ccccc1. The molecular formula is C18H26N4O. The first-order chi connectivity index (χ1) is 11.0. The summed E-state index contributed by atoms with van der Waals surface area (Å²) in [6, 6.07) is 11.7. The topological polar surface area (TPSA) is 61.6 Å². The number of nitrogens with zero attached hydrogens (tertiary/aromatic N) is 2. The Morgan fingerprint density at radius 3 is 2.57 bits per heavy atom. The van der Waals surface area contributed by atoms with Crippen molar-refractivity contribution >= 4 is 5.96 Å². The lowest BCUT2D eigenvalue weighted by Crippen LogP contribution is -2.44. The summed E-state index contributed by atoms with van der Waals surface area (Å²) >= 11 is 0. The van der Waals surface area contributed by atoms with Gasteiger partial charge in [0.1, 0.15) is 5.60 Å². The van der Waals surface area contributed by atoms with Crippen LogP contribution in [0, 0.1) is 0 Å². The molecule has 0 amide bonds. The van der Waals surface area contributed by atoms with Gasteiger partial charge in [-0.3, -0.25) is 0 Å². The first-order valence-corrected chi connectivity index (χ1v) is 7.92. The van der Waals surface area contributed by atoms with Gasteiger partial charge in [0.25, 0.3) is 0 Å². The minimum Gasteiger partial charge on any atom is -0.384 e. The van der Waals surface area contributed by atoms with Crippen LogP contribution in [0.2, 0.25) is 0 Å². The Labute approximate surface area is 138 Å². The van der Waals surface area contributed by atoms with Crippen molar-refractivity contribution in [3.63, 3.8) is 0 Å². The van der Waals surface area contributed by atoms with Gasteiger partial charge in [-0.1, -0.05) is 30.3 Å². The van der Waals surface area contributed by atoms with E-state index in [2.05, 4.69) is 15.6 Å². The highest BCUT2D eigenvalue weighted by Crippen LogP contribution is 2.18. The highest BCUT2D eigenvalue weighted by atomic mass is 16.3. The molecule has 0 aliphatic rings. The fourth-order valence-electron chi connectivity index (χ4n) is 2.32. The van der Waals surface area contributed by atoms with E-state index in [1.807, 2.05) is 67.3 Å². The van der Waals surface area contributed by atoms with Gasteiger partial charge in [0.05, 0.1) is 13.1 Å². The van der Waals surface area contributed by atoms with Crippen molar-refractivity contribution in [1.82, 2.24) is 15.2 Å². The second kappa shape index (κ2) is 7.83. The summed E-state index contributed by atoms with van der Waals surface area (Å²) < 4.78 is 2.01. The van der Waals surface area contributed by atoms with Crippen LogP contribution in [0.5, 0.6) is 0 Å². The molecular weight excluding hydrogens is 288 g/mol. The molecule has 5 heteroatoms. The molecule has 1 aromatic heterocycles. The third-order valence-corrected chi connectivity index (χ3v) is 3.65. The monoisotopic (exact) mass is 314 g/mol. The van der Waals surface area contributed by atoms with Crippen LogP contribution in [-0.2, 0) is 19.2 Å². The zero-order chi connectivity index (χ0) is 16.7. The maximum absolute atomic E-state index is 10.6. The van der Waals surface area contributed by atoms with Crippen LogP contribution in [0.25, 0.3) is 0 Å². The number of nitrogens with one attached hydrogen (secondary N) is 2. The predicted octanol–water partition coefficient (Wildman–Crippen LogP) is 1.99. The van der Waals surface area contributed by atoms with Crippen molar-refractivity contribution in [1.29, 1.82) is 0 Å². The molecule has 3 N–H and O–H groups in total. The Morgan fingerprint density at radius 2 is 1.96 bits per heavy atom. The van der Waals surface area contributed by atoms with Gasteiger partial charge in [-0.05, 0) is 31.0 Å². The number of guanidine groups is 1. The number of benzene rings is 1. The number of aliphatic imine (C=N–C) groups is 1. The molecule has 1 unspecified atom stereocenters. The van der Waals surface area contributed by atoms with Gasteiger partial charge in [-0.15, -0.1) is 0 Å². The predicted molar refractivity (Wildman–Crippen MR) is 94.2 cm³/mol. The first-order valence-electron chi connectivity index (χ1n) is 7.92. The zero-order valence-electron chi connectivity index (χ0n) is 14.1. The summed E-state index contributed by atoms with van der Waals surface area (Å²) in [6.45, 7) is 5.58. The van der Waals surface area contributed by atoms with Gasteiger partial charge in [0, 0.05) is 26.0 Å². The molecule has 23 heavy (non-hydrogen) atoms. The van der Waals surface area contributed by atoms with Gasteiger partial charge in [0.15, 0.2) is 5.96 Å². The summed E-state index contributed by atoms with van der Waals surface area (Å²) in [4.78, 5) is 4.56. The maximum Gasteiger partial charge on any atom is 0.191 e. The van der Waals surface area contributed by atoms with E-state index in [-0.39, 0.29) is 0 Å². The van der Waals surface area contributed by atoms with E-state index in [1.165, 1.54) is 0 Å². The average Bonchev–Trinajstić information content (AvgIpc) is 2.96. The highest BCUT2D eigenvalue weighted by molar-refractivity contribution is 5.79. The third kappa shape index (κ3) is 5.14. The summed E-state index contributed by atoms with van der Waals surface area (Å²) in [5, 5.41) is 17.1. The Balaban J connectivity index is 1.98.